The lowest BCUT2D eigenvalue weighted by Crippen LogP contribution is -2.02. The number of nitrogens with zero attached hydrogens (tertiary/aromatic N) is 3. The quantitative estimate of drug-likeness (QED) is 0.723. The van der Waals surface area contributed by atoms with Gasteiger partial charge in [0.1, 0.15) is 12.1 Å². The van der Waals surface area contributed by atoms with Gasteiger partial charge in [0.15, 0.2) is 0 Å². The van der Waals surface area contributed by atoms with E-state index in [1.165, 1.54) is 0 Å². The fourth-order valence-corrected chi connectivity index (χ4v) is 1.99. The van der Waals surface area contributed by atoms with E-state index in [4.69, 9.17) is 5.73 Å². The molecular weight excluding hydrogens is 212 g/mol. The Morgan fingerprint density at radius 2 is 2.00 bits per heavy atom. The third-order valence-corrected chi connectivity index (χ3v) is 2.83. The van der Waals surface area contributed by atoms with Gasteiger partial charge in [0.25, 0.3) is 0 Å². The van der Waals surface area contributed by atoms with Crippen molar-refractivity contribution in [1.82, 2.24) is 14.5 Å². The largest absolute Gasteiger partial charge is 0.326 e. The van der Waals surface area contributed by atoms with Crippen LogP contribution in [-0.4, -0.2) is 14.5 Å². The molecule has 0 unspecified atom stereocenters. The van der Waals surface area contributed by atoms with Crippen LogP contribution in [0.2, 0.25) is 0 Å². The van der Waals surface area contributed by atoms with Crippen LogP contribution in [0.4, 0.5) is 0 Å². The molecule has 0 radical (unpaired) electrons. The summed E-state index contributed by atoms with van der Waals surface area (Å²) in [6.07, 6.45) is 7.21. The number of aromatic nitrogens is 3. The van der Waals surface area contributed by atoms with Crippen molar-refractivity contribution < 1.29 is 0 Å². The van der Waals surface area contributed by atoms with Crippen LogP contribution in [0.1, 0.15) is 5.56 Å². The van der Waals surface area contributed by atoms with E-state index < -0.39 is 0 Å². The smallest absolute Gasteiger partial charge is 0.145 e. The number of hydrogen-bond donors (Lipinski definition) is 1. The van der Waals surface area contributed by atoms with E-state index in [1.807, 2.05) is 29.1 Å². The van der Waals surface area contributed by atoms with E-state index >= 15 is 0 Å². The highest BCUT2D eigenvalue weighted by Gasteiger charge is 2.07. The second-order valence-corrected chi connectivity index (χ2v) is 3.83. The minimum absolute atomic E-state index is 0.498. The predicted molar refractivity (Wildman–Crippen MR) is 66.8 cm³/mol. The zero-order valence-corrected chi connectivity index (χ0v) is 9.24. The van der Waals surface area contributed by atoms with Crippen molar-refractivity contribution in [2.45, 2.75) is 6.54 Å². The van der Waals surface area contributed by atoms with Gasteiger partial charge in [0, 0.05) is 30.5 Å². The predicted octanol–water partition coefficient (Wildman–Crippen LogP) is 1.88. The molecule has 0 saturated carbocycles. The molecule has 0 aliphatic heterocycles. The lowest BCUT2D eigenvalue weighted by atomic mass is 10.1. The van der Waals surface area contributed by atoms with Gasteiger partial charge in [-0.05, 0) is 10.9 Å². The summed E-state index contributed by atoms with van der Waals surface area (Å²) in [6, 6.07) is 8.14. The molecule has 0 atom stereocenters. The van der Waals surface area contributed by atoms with Gasteiger partial charge in [-0.1, -0.05) is 24.3 Å². The van der Waals surface area contributed by atoms with E-state index in [1.54, 1.807) is 12.5 Å². The maximum absolute atomic E-state index is 5.73. The highest BCUT2D eigenvalue weighted by Crippen LogP contribution is 2.22. The molecule has 1 aromatic carbocycles. The average molecular weight is 224 g/mol. The van der Waals surface area contributed by atoms with Crippen LogP contribution in [0.3, 0.4) is 0 Å². The molecular formula is C13H12N4. The maximum Gasteiger partial charge on any atom is 0.145 e. The van der Waals surface area contributed by atoms with Crippen LogP contribution >= 0.6 is 0 Å². The normalized spacial score (nSPS) is 10.9. The number of imidazole rings is 1. The number of fused-ring (bicyclic) bond motifs is 1. The van der Waals surface area contributed by atoms with Crippen LogP contribution in [0.5, 0.6) is 0 Å². The molecule has 3 aromatic rings. The molecule has 0 aliphatic rings. The molecule has 2 N–H and O–H groups in total. The Labute approximate surface area is 98.7 Å². The Balaban J connectivity index is 2.34. The highest BCUT2D eigenvalue weighted by atomic mass is 15.1. The first-order chi connectivity index (χ1) is 8.40. The number of benzene rings is 1. The number of rotatable bonds is 2. The van der Waals surface area contributed by atoms with Crippen molar-refractivity contribution in [3.05, 3.63) is 54.7 Å². The summed E-state index contributed by atoms with van der Waals surface area (Å²) in [5.74, 6) is 0.885. The monoisotopic (exact) mass is 224 g/mol. The van der Waals surface area contributed by atoms with E-state index in [0.29, 0.717) is 6.54 Å². The lowest BCUT2D eigenvalue weighted by Gasteiger charge is -2.09. The zero-order valence-electron chi connectivity index (χ0n) is 9.24. The Hall–Kier alpha value is -2.20. The van der Waals surface area contributed by atoms with Crippen molar-refractivity contribution in [1.29, 1.82) is 0 Å². The van der Waals surface area contributed by atoms with Crippen molar-refractivity contribution in [2.24, 2.45) is 5.73 Å². The Kier molecular flexibility index (Phi) is 2.34. The van der Waals surface area contributed by atoms with Crippen molar-refractivity contribution in [2.75, 3.05) is 0 Å². The SMILES string of the molecule is NCc1cnc(-n2ccnc2)c2ccccc12. The minimum atomic E-state index is 0.498. The van der Waals surface area contributed by atoms with Crippen LogP contribution in [0.25, 0.3) is 16.6 Å². The third kappa shape index (κ3) is 1.59. The second kappa shape index (κ2) is 3.99. The van der Waals surface area contributed by atoms with Crippen LogP contribution in [0, 0.1) is 0 Å². The van der Waals surface area contributed by atoms with E-state index in [9.17, 15) is 0 Å². The first-order valence-electron chi connectivity index (χ1n) is 5.45. The zero-order chi connectivity index (χ0) is 11.7. The highest BCUT2D eigenvalue weighted by molar-refractivity contribution is 5.90. The number of nitrogens with two attached hydrogens (primary N) is 1. The van der Waals surface area contributed by atoms with Gasteiger partial charge in [0.05, 0.1) is 0 Å². The van der Waals surface area contributed by atoms with Gasteiger partial charge in [-0.15, -0.1) is 0 Å². The molecule has 4 nitrogen and oxygen atoms in total. The standard InChI is InChI=1S/C13H12N4/c14-7-10-8-16-13(17-6-5-15-9-17)12-4-2-1-3-11(10)12/h1-6,8-9H,7,14H2. The summed E-state index contributed by atoms with van der Waals surface area (Å²) in [4.78, 5) is 8.51. The van der Waals surface area contributed by atoms with Crippen LogP contribution < -0.4 is 5.73 Å². The van der Waals surface area contributed by atoms with E-state index in [0.717, 1.165) is 22.2 Å². The van der Waals surface area contributed by atoms with Gasteiger partial charge < -0.3 is 5.73 Å². The molecule has 2 aromatic heterocycles. The molecule has 2 heterocycles. The fraction of sp³-hybridized carbons (Fsp3) is 0.0769. The molecule has 84 valence electrons. The van der Waals surface area contributed by atoms with Crippen LogP contribution in [0.15, 0.2) is 49.2 Å². The number of pyridine rings is 1. The summed E-state index contributed by atoms with van der Waals surface area (Å²) in [6.45, 7) is 0.498. The molecule has 17 heavy (non-hydrogen) atoms. The summed E-state index contributed by atoms with van der Waals surface area (Å²) >= 11 is 0. The maximum atomic E-state index is 5.73. The second-order valence-electron chi connectivity index (χ2n) is 3.83. The molecule has 4 heteroatoms. The summed E-state index contributed by atoms with van der Waals surface area (Å²) < 4.78 is 1.91. The van der Waals surface area contributed by atoms with Crippen LogP contribution in [-0.2, 0) is 6.54 Å². The first-order valence-corrected chi connectivity index (χ1v) is 5.45. The Morgan fingerprint density at radius 3 is 2.71 bits per heavy atom. The Morgan fingerprint density at radius 1 is 1.18 bits per heavy atom. The van der Waals surface area contributed by atoms with Crippen molar-refractivity contribution >= 4 is 10.8 Å². The van der Waals surface area contributed by atoms with Gasteiger partial charge in [-0.2, -0.15) is 0 Å². The summed E-state index contributed by atoms with van der Waals surface area (Å²) in [5, 5.41) is 2.24. The Bertz CT molecular complexity index is 644. The van der Waals surface area contributed by atoms with Gasteiger partial charge >= 0.3 is 0 Å². The molecule has 0 bridgehead atoms. The molecule has 0 amide bonds. The fourth-order valence-electron chi connectivity index (χ4n) is 1.99. The summed E-state index contributed by atoms with van der Waals surface area (Å²) in [7, 11) is 0. The van der Waals surface area contributed by atoms with E-state index in [-0.39, 0.29) is 0 Å². The lowest BCUT2D eigenvalue weighted by molar-refractivity contribution is 0.989. The molecule has 0 aliphatic carbocycles. The average Bonchev–Trinajstić information content (AvgIpc) is 2.91. The topological polar surface area (TPSA) is 56.7 Å². The van der Waals surface area contributed by atoms with Crippen molar-refractivity contribution in [3.8, 4) is 5.82 Å². The van der Waals surface area contributed by atoms with Crippen molar-refractivity contribution in [3.63, 3.8) is 0 Å². The van der Waals surface area contributed by atoms with E-state index in [2.05, 4.69) is 22.1 Å². The summed E-state index contributed by atoms with van der Waals surface area (Å²) in [5.41, 5.74) is 6.79. The van der Waals surface area contributed by atoms with Gasteiger partial charge in [-0.25, -0.2) is 9.97 Å². The minimum Gasteiger partial charge on any atom is -0.326 e. The molecule has 0 spiro atoms. The first kappa shape index (κ1) is 9.99. The molecule has 0 fully saturated rings. The number of hydrogen-bond acceptors (Lipinski definition) is 3. The molecule has 3 rings (SSSR count). The van der Waals surface area contributed by atoms with Gasteiger partial charge in [0.2, 0.25) is 0 Å². The molecule has 0 saturated heterocycles. The van der Waals surface area contributed by atoms with Gasteiger partial charge in [-0.3, -0.25) is 4.57 Å². The third-order valence-electron chi connectivity index (χ3n) is 2.83.